The third-order valence-corrected chi connectivity index (χ3v) is 3.38. The quantitative estimate of drug-likeness (QED) is 0.536. The fourth-order valence-corrected chi connectivity index (χ4v) is 2.37. The van der Waals surface area contributed by atoms with Gasteiger partial charge in [-0.1, -0.05) is 12.1 Å². The van der Waals surface area contributed by atoms with Crippen molar-refractivity contribution in [3.8, 4) is 11.5 Å². The summed E-state index contributed by atoms with van der Waals surface area (Å²) in [6.07, 6.45) is 3.58. The fraction of sp³-hybridized carbons (Fsp3) is 0. The van der Waals surface area contributed by atoms with Gasteiger partial charge in [0.2, 0.25) is 0 Å². The molecule has 21 heavy (non-hydrogen) atoms. The maximum Gasteiger partial charge on any atom is 0.128 e. The molecule has 0 unspecified atom stereocenters. The Morgan fingerprint density at radius 1 is 0.619 bits per heavy atom. The average molecular weight is 272 g/mol. The lowest BCUT2D eigenvalue weighted by atomic mass is 10.2. The van der Waals surface area contributed by atoms with Crippen molar-refractivity contribution < 1.29 is 4.74 Å². The molecule has 2 heterocycles. The number of pyridine rings is 2. The zero-order chi connectivity index (χ0) is 14.1. The standard InChI is InChI=1S/C18H12N2O/c1-3-13-11-15(5-7-17(13)19-9-1)21-16-6-8-18-14(12-16)4-2-10-20-18/h1-12H. The van der Waals surface area contributed by atoms with Crippen molar-refractivity contribution >= 4 is 21.8 Å². The summed E-state index contributed by atoms with van der Waals surface area (Å²) in [6, 6.07) is 19.7. The first-order valence-electron chi connectivity index (χ1n) is 6.76. The first-order valence-corrected chi connectivity index (χ1v) is 6.76. The van der Waals surface area contributed by atoms with E-state index in [9.17, 15) is 0 Å². The molecule has 0 aliphatic carbocycles. The van der Waals surface area contributed by atoms with Crippen molar-refractivity contribution in [1.82, 2.24) is 9.97 Å². The van der Waals surface area contributed by atoms with E-state index in [0.717, 1.165) is 33.3 Å². The summed E-state index contributed by atoms with van der Waals surface area (Å²) in [6.45, 7) is 0. The van der Waals surface area contributed by atoms with Crippen LogP contribution < -0.4 is 4.74 Å². The molecule has 3 nitrogen and oxygen atoms in total. The van der Waals surface area contributed by atoms with Crippen LogP contribution in [0, 0.1) is 0 Å². The lowest BCUT2D eigenvalue weighted by Gasteiger charge is -2.07. The van der Waals surface area contributed by atoms with Crippen LogP contribution in [0.1, 0.15) is 0 Å². The largest absolute Gasteiger partial charge is 0.457 e. The molecule has 0 radical (unpaired) electrons. The van der Waals surface area contributed by atoms with Crippen molar-refractivity contribution in [2.45, 2.75) is 0 Å². The number of aromatic nitrogens is 2. The van der Waals surface area contributed by atoms with Crippen molar-refractivity contribution in [1.29, 1.82) is 0 Å². The van der Waals surface area contributed by atoms with E-state index < -0.39 is 0 Å². The SMILES string of the molecule is c1cnc2ccc(Oc3ccc4ncccc4c3)cc2c1. The Morgan fingerprint density at radius 2 is 1.14 bits per heavy atom. The molecule has 0 atom stereocenters. The average Bonchev–Trinajstić information content (AvgIpc) is 2.55. The van der Waals surface area contributed by atoms with E-state index in [1.165, 1.54) is 0 Å². The Balaban J connectivity index is 1.71. The van der Waals surface area contributed by atoms with Crippen molar-refractivity contribution in [3.63, 3.8) is 0 Å². The monoisotopic (exact) mass is 272 g/mol. The Hall–Kier alpha value is -2.94. The number of nitrogens with zero attached hydrogens (tertiary/aromatic N) is 2. The van der Waals surface area contributed by atoms with E-state index in [1.54, 1.807) is 12.4 Å². The minimum atomic E-state index is 0.804. The first-order chi connectivity index (χ1) is 10.4. The highest BCUT2D eigenvalue weighted by atomic mass is 16.5. The summed E-state index contributed by atoms with van der Waals surface area (Å²) in [7, 11) is 0. The topological polar surface area (TPSA) is 35.0 Å². The van der Waals surface area contributed by atoms with Crippen LogP contribution in [-0.4, -0.2) is 9.97 Å². The number of hydrogen-bond acceptors (Lipinski definition) is 3. The van der Waals surface area contributed by atoms with Gasteiger partial charge in [0.05, 0.1) is 11.0 Å². The van der Waals surface area contributed by atoms with E-state index in [4.69, 9.17) is 4.74 Å². The molecule has 0 amide bonds. The van der Waals surface area contributed by atoms with Crippen molar-refractivity contribution in [3.05, 3.63) is 73.1 Å². The van der Waals surface area contributed by atoms with Gasteiger partial charge in [-0.3, -0.25) is 9.97 Å². The van der Waals surface area contributed by atoms with Gasteiger partial charge in [0.25, 0.3) is 0 Å². The van der Waals surface area contributed by atoms with E-state index >= 15 is 0 Å². The molecule has 2 aromatic carbocycles. The normalized spacial score (nSPS) is 10.9. The summed E-state index contributed by atoms with van der Waals surface area (Å²) in [5.41, 5.74) is 1.93. The summed E-state index contributed by atoms with van der Waals surface area (Å²) in [4.78, 5) is 8.61. The smallest absolute Gasteiger partial charge is 0.128 e. The van der Waals surface area contributed by atoms with Crippen molar-refractivity contribution in [2.24, 2.45) is 0 Å². The van der Waals surface area contributed by atoms with Gasteiger partial charge < -0.3 is 4.74 Å². The minimum absolute atomic E-state index is 0.804. The zero-order valence-corrected chi connectivity index (χ0v) is 11.2. The maximum atomic E-state index is 5.94. The van der Waals surface area contributed by atoms with Crippen LogP contribution in [-0.2, 0) is 0 Å². The predicted molar refractivity (Wildman–Crippen MR) is 83.6 cm³/mol. The van der Waals surface area contributed by atoms with Crippen LogP contribution in [0.2, 0.25) is 0 Å². The molecule has 100 valence electrons. The number of rotatable bonds is 2. The highest BCUT2D eigenvalue weighted by Gasteiger charge is 2.01. The Bertz CT molecular complexity index is 857. The van der Waals surface area contributed by atoms with Crippen LogP contribution in [0.15, 0.2) is 73.1 Å². The van der Waals surface area contributed by atoms with Gasteiger partial charge in [-0.15, -0.1) is 0 Å². The lowest BCUT2D eigenvalue weighted by molar-refractivity contribution is 0.484. The second-order valence-corrected chi connectivity index (χ2v) is 4.82. The van der Waals surface area contributed by atoms with Gasteiger partial charge in [0, 0.05) is 23.2 Å². The van der Waals surface area contributed by atoms with E-state index in [-0.39, 0.29) is 0 Å². The molecule has 4 rings (SSSR count). The lowest BCUT2D eigenvalue weighted by Crippen LogP contribution is -1.86. The first kappa shape index (κ1) is 11.9. The predicted octanol–water partition coefficient (Wildman–Crippen LogP) is 4.58. The molecule has 0 fully saturated rings. The maximum absolute atomic E-state index is 5.94. The van der Waals surface area contributed by atoms with Crippen LogP contribution in [0.4, 0.5) is 0 Å². The summed E-state index contributed by atoms with van der Waals surface area (Å²) in [5.74, 6) is 1.61. The Labute approximate surface area is 121 Å². The summed E-state index contributed by atoms with van der Waals surface area (Å²) >= 11 is 0. The summed E-state index contributed by atoms with van der Waals surface area (Å²) in [5, 5.41) is 2.13. The summed E-state index contributed by atoms with van der Waals surface area (Å²) < 4.78 is 5.94. The zero-order valence-electron chi connectivity index (χ0n) is 11.2. The Kier molecular flexibility index (Phi) is 2.75. The molecule has 0 spiro atoms. The molecule has 0 N–H and O–H groups in total. The number of benzene rings is 2. The molecular formula is C18H12N2O. The van der Waals surface area contributed by atoms with Gasteiger partial charge in [0.1, 0.15) is 11.5 Å². The number of hydrogen-bond donors (Lipinski definition) is 0. The van der Waals surface area contributed by atoms with Gasteiger partial charge in [0.15, 0.2) is 0 Å². The third-order valence-electron chi connectivity index (χ3n) is 3.38. The van der Waals surface area contributed by atoms with Crippen molar-refractivity contribution in [2.75, 3.05) is 0 Å². The molecule has 4 aromatic rings. The molecule has 0 aliphatic rings. The van der Waals surface area contributed by atoms with Crippen LogP contribution in [0.3, 0.4) is 0 Å². The molecule has 0 bridgehead atoms. The molecule has 2 aromatic heterocycles. The molecule has 0 aliphatic heterocycles. The second kappa shape index (κ2) is 4.87. The molecule has 0 saturated carbocycles. The van der Waals surface area contributed by atoms with Gasteiger partial charge >= 0.3 is 0 Å². The molecule has 3 heteroatoms. The minimum Gasteiger partial charge on any atom is -0.457 e. The fourth-order valence-electron chi connectivity index (χ4n) is 2.37. The van der Waals surface area contributed by atoms with Crippen LogP contribution in [0.5, 0.6) is 11.5 Å². The van der Waals surface area contributed by atoms with Crippen LogP contribution >= 0.6 is 0 Å². The van der Waals surface area contributed by atoms with E-state index in [0.29, 0.717) is 0 Å². The second-order valence-electron chi connectivity index (χ2n) is 4.82. The van der Waals surface area contributed by atoms with E-state index in [1.807, 2.05) is 60.7 Å². The van der Waals surface area contributed by atoms with Gasteiger partial charge in [-0.2, -0.15) is 0 Å². The van der Waals surface area contributed by atoms with Crippen LogP contribution in [0.25, 0.3) is 21.8 Å². The number of fused-ring (bicyclic) bond motifs is 2. The number of ether oxygens (including phenoxy) is 1. The highest BCUT2D eigenvalue weighted by Crippen LogP contribution is 2.27. The molecular weight excluding hydrogens is 260 g/mol. The van der Waals surface area contributed by atoms with E-state index in [2.05, 4.69) is 9.97 Å². The highest BCUT2D eigenvalue weighted by molar-refractivity contribution is 5.81. The van der Waals surface area contributed by atoms with Gasteiger partial charge in [-0.05, 0) is 48.5 Å². The third kappa shape index (κ3) is 2.30. The molecule has 0 saturated heterocycles. The van der Waals surface area contributed by atoms with Gasteiger partial charge in [-0.25, -0.2) is 0 Å². The Morgan fingerprint density at radius 3 is 1.67 bits per heavy atom.